The van der Waals surface area contributed by atoms with Crippen molar-refractivity contribution in [2.75, 3.05) is 6.26 Å². The first-order chi connectivity index (χ1) is 14.5. The van der Waals surface area contributed by atoms with Crippen molar-refractivity contribution in [2.45, 2.75) is 18.4 Å². The van der Waals surface area contributed by atoms with Gasteiger partial charge < -0.3 is 4.52 Å². The number of hydrogen-bond acceptors (Lipinski definition) is 6. The summed E-state index contributed by atoms with van der Waals surface area (Å²) in [5.41, 5.74) is 0.207. The minimum Gasteiger partial charge on any atom is -0.337 e. The Labute approximate surface area is 174 Å². The van der Waals surface area contributed by atoms with E-state index >= 15 is 0 Å². The number of thioether (sulfide) groups is 1. The standard InChI is InChI=1S/C21H17FN4O3S/c1-13-3-6-15(22)11-17(13)26-10-9-25(20(27)21(26)28)12-18-23-19(24-29-18)14-4-7-16(30-2)8-5-14/h3-11H,12H2,1-2H3. The van der Waals surface area contributed by atoms with Crippen molar-refractivity contribution in [3.05, 3.63) is 92.8 Å². The first-order valence-corrected chi connectivity index (χ1v) is 10.2. The molecule has 152 valence electrons. The van der Waals surface area contributed by atoms with E-state index in [2.05, 4.69) is 10.1 Å². The van der Waals surface area contributed by atoms with Crippen LogP contribution in [0.2, 0.25) is 0 Å². The average molecular weight is 424 g/mol. The summed E-state index contributed by atoms with van der Waals surface area (Å²) in [5.74, 6) is 0.102. The molecule has 0 spiro atoms. The summed E-state index contributed by atoms with van der Waals surface area (Å²) in [5, 5.41) is 3.94. The molecule has 2 heterocycles. The number of benzene rings is 2. The Balaban J connectivity index is 1.62. The van der Waals surface area contributed by atoms with E-state index in [4.69, 9.17) is 4.52 Å². The minimum absolute atomic E-state index is 0.0487. The summed E-state index contributed by atoms with van der Waals surface area (Å²) in [6.45, 7) is 1.69. The lowest BCUT2D eigenvalue weighted by Crippen LogP contribution is -2.40. The number of nitrogens with zero attached hydrogens (tertiary/aromatic N) is 4. The van der Waals surface area contributed by atoms with Crippen molar-refractivity contribution in [1.82, 2.24) is 19.3 Å². The predicted molar refractivity (Wildman–Crippen MR) is 112 cm³/mol. The second-order valence-corrected chi connectivity index (χ2v) is 7.46. The zero-order valence-corrected chi connectivity index (χ0v) is 17.0. The second-order valence-electron chi connectivity index (χ2n) is 6.58. The quantitative estimate of drug-likeness (QED) is 0.361. The van der Waals surface area contributed by atoms with Crippen LogP contribution in [0, 0.1) is 12.7 Å². The number of aryl methyl sites for hydroxylation is 1. The Morgan fingerprint density at radius 3 is 2.57 bits per heavy atom. The molecule has 0 radical (unpaired) electrons. The maximum Gasteiger partial charge on any atom is 0.320 e. The first-order valence-electron chi connectivity index (χ1n) is 9.02. The summed E-state index contributed by atoms with van der Waals surface area (Å²) in [6.07, 6.45) is 4.85. The minimum atomic E-state index is -0.793. The van der Waals surface area contributed by atoms with Gasteiger partial charge in [-0.25, -0.2) is 4.39 Å². The van der Waals surface area contributed by atoms with Gasteiger partial charge in [0.25, 0.3) is 0 Å². The summed E-state index contributed by atoms with van der Waals surface area (Å²) >= 11 is 1.63. The lowest BCUT2D eigenvalue weighted by atomic mass is 10.2. The SMILES string of the molecule is CSc1ccc(-c2noc(Cn3ccn(-c4cc(F)ccc4C)c(=O)c3=O)n2)cc1. The Morgan fingerprint density at radius 1 is 1.07 bits per heavy atom. The van der Waals surface area contributed by atoms with Gasteiger partial charge in [-0.3, -0.25) is 18.7 Å². The van der Waals surface area contributed by atoms with Gasteiger partial charge in [-0.15, -0.1) is 11.8 Å². The van der Waals surface area contributed by atoms with E-state index in [9.17, 15) is 14.0 Å². The summed E-state index contributed by atoms with van der Waals surface area (Å²) in [6, 6.07) is 11.7. The van der Waals surface area contributed by atoms with Crippen LogP contribution in [0.5, 0.6) is 0 Å². The van der Waals surface area contributed by atoms with Crippen LogP contribution in [0.1, 0.15) is 11.5 Å². The number of aromatic nitrogens is 4. The molecule has 0 aliphatic rings. The number of hydrogen-bond donors (Lipinski definition) is 0. The Kier molecular flexibility index (Phi) is 5.37. The molecule has 9 heteroatoms. The fraction of sp³-hybridized carbons (Fsp3) is 0.143. The van der Waals surface area contributed by atoms with E-state index < -0.39 is 16.9 Å². The van der Waals surface area contributed by atoms with Gasteiger partial charge in [-0.2, -0.15) is 4.98 Å². The van der Waals surface area contributed by atoms with E-state index in [0.29, 0.717) is 17.1 Å². The van der Waals surface area contributed by atoms with Gasteiger partial charge in [0, 0.05) is 22.9 Å². The predicted octanol–water partition coefficient (Wildman–Crippen LogP) is 3.27. The highest BCUT2D eigenvalue weighted by Gasteiger charge is 2.13. The molecule has 0 unspecified atom stereocenters. The normalized spacial score (nSPS) is 11.0. The van der Waals surface area contributed by atoms with Gasteiger partial charge in [0.15, 0.2) is 0 Å². The molecule has 0 saturated carbocycles. The Hall–Kier alpha value is -3.46. The smallest absolute Gasteiger partial charge is 0.320 e. The van der Waals surface area contributed by atoms with E-state index in [1.165, 1.54) is 29.1 Å². The van der Waals surface area contributed by atoms with Crippen molar-refractivity contribution in [2.24, 2.45) is 0 Å². The van der Waals surface area contributed by atoms with Crippen LogP contribution in [-0.4, -0.2) is 25.5 Å². The first kappa shape index (κ1) is 19.8. The summed E-state index contributed by atoms with van der Waals surface area (Å²) < 4.78 is 21.1. The van der Waals surface area contributed by atoms with Crippen LogP contribution >= 0.6 is 11.8 Å². The fourth-order valence-corrected chi connectivity index (χ4v) is 3.40. The molecule has 2 aromatic heterocycles. The molecular weight excluding hydrogens is 407 g/mol. The van der Waals surface area contributed by atoms with E-state index in [1.54, 1.807) is 24.8 Å². The highest BCUT2D eigenvalue weighted by molar-refractivity contribution is 7.98. The zero-order chi connectivity index (χ0) is 21.3. The third kappa shape index (κ3) is 3.84. The van der Waals surface area contributed by atoms with Crippen molar-refractivity contribution >= 4 is 11.8 Å². The van der Waals surface area contributed by atoms with E-state index in [-0.39, 0.29) is 12.4 Å². The monoisotopic (exact) mass is 424 g/mol. The van der Waals surface area contributed by atoms with Crippen LogP contribution in [0.15, 0.2) is 73.9 Å². The molecule has 2 aromatic carbocycles. The average Bonchev–Trinajstić information content (AvgIpc) is 3.22. The van der Waals surface area contributed by atoms with Crippen molar-refractivity contribution in [3.63, 3.8) is 0 Å². The maximum absolute atomic E-state index is 13.6. The van der Waals surface area contributed by atoms with Crippen LogP contribution in [0.4, 0.5) is 4.39 Å². The zero-order valence-electron chi connectivity index (χ0n) is 16.2. The van der Waals surface area contributed by atoms with Gasteiger partial charge in [0.2, 0.25) is 11.7 Å². The van der Waals surface area contributed by atoms with Crippen molar-refractivity contribution in [3.8, 4) is 17.1 Å². The Bertz CT molecular complexity index is 1330. The lowest BCUT2D eigenvalue weighted by Gasteiger charge is -2.10. The fourth-order valence-electron chi connectivity index (χ4n) is 2.99. The molecule has 4 rings (SSSR count). The molecular formula is C21H17FN4O3S. The third-order valence-corrected chi connectivity index (χ3v) is 5.35. The van der Waals surface area contributed by atoms with Crippen LogP contribution in [0.25, 0.3) is 17.1 Å². The van der Waals surface area contributed by atoms with Gasteiger partial charge in [0.05, 0.1) is 5.69 Å². The van der Waals surface area contributed by atoms with Gasteiger partial charge in [-0.05, 0) is 55.1 Å². The molecule has 4 aromatic rings. The molecule has 7 nitrogen and oxygen atoms in total. The van der Waals surface area contributed by atoms with E-state index in [1.807, 2.05) is 30.5 Å². The number of rotatable bonds is 5. The highest BCUT2D eigenvalue weighted by Crippen LogP contribution is 2.21. The molecule has 0 aliphatic heterocycles. The molecule has 0 saturated heterocycles. The maximum atomic E-state index is 13.6. The molecule has 0 N–H and O–H groups in total. The summed E-state index contributed by atoms with van der Waals surface area (Å²) in [7, 11) is 0. The number of halogens is 1. The molecule has 0 aliphatic carbocycles. The van der Waals surface area contributed by atoms with Crippen molar-refractivity contribution < 1.29 is 8.91 Å². The lowest BCUT2D eigenvalue weighted by molar-refractivity contribution is 0.369. The Morgan fingerprint density at radius 2 is 1.83 bits per heavy atom. The summed E-state index contributed by atoms with van der Waals surface area (Å²) in [4.78, 5) is 30.5. The van der Waals surface area contributed by atoms with Crippen molar-refractivity contribution in [1.29, 1.82) is 0 Å². The molecule has 0 amide bonds. The third-order valence-electron chi connectivity index (χ3n) is 4.61. The van der Waals surface area contributed by atoms with Gasteiger partial charge in [-0.1, -0.05) is 11.2 Å². The largest absolute Gasteiger partial charge is 0.337 e. The molecule has 0 atom stereocenters. The van der Waals surface area contributed by atoms with Gasteiger partial charge >= 0.3 is 11.1 Å². The second kappa shape index (κ2) is 8.11. The highest BCUT2D eigenvalue weighted by atomic mass is 32.2. The van der Waals surface area contributed by atoms with E-state index in [0.717, 1.165) is 15.0 Å². The van der Waals surface area contributed by atoms with Gasteiger partial charge in [0.1, 0.15) is 12.4 Å². The topological polar surface area (TPSA) is 82.9 Å². The van der Waals surface area contributed by atoms with Crippen LogP contribution in [-0.2, 0) is 6.54 Å². The van der Waals surface area contributed by atoms with Crippen LogP contribution in [0.3, 0.4) is 0 Å². The molecule has 0 bridgehead atoms. The molecule has 30 heavy (non-hydrogen) atoms. The van der Waals surface area contributed by atoms with Crippen LogP contribution < -0.4 is 11.1 Å². The molecule has 0 fully saturated rings.